The number of nitrogens with zero attached hydrogens (tertiary/aromatic N) is 2. The summed E-state index contributed by atoms with van der Waals surface area (Å²) in [5, 5.41) is 3.40. The topological polar surface area (TPSA) is 55.3 Å². The van der Waals surface area contributed by atoms with Crippen LogP contribution < -0.4 is 14.8 Å². The lowest BCUT2D eigenvalue weighted by Crippen LogP contribution is -2.41. The summed E-state index contributed by atoms with van der Waals surface area (Å²) >= 11 is 0. The Balaban J connectivity index is 1.92. The molecule has 152 valence electrons. The molecular weight excluding hydrogens is 354 g/mol. The molecule has 1 N–H and O–H groups in total. The summed E-state index contributed by atoms with van der Waals surface area (Å²) < 4.78 is 16.3. The second kappa shape index (κ2) is 11.2. The van der Waals surface area contributed by atoms with E-state index in [2.05, 4.69) is 33.4 Å². The minimum Gasteiger partial charge on any atom is -0.493 e. The van der Waals surface area contributed by atoms with Crippen LogP contribution >= 0.6 is 0 Å². The van der Waals surface area contributed by atoms with Crippen LogP contribution in [0.4, 0.5) is 0 Å². The van der Waals surface area contributed by atoms with Crippen LogP contribution in [0.15, 0.2) is 53.5 Å². The highest BCUT2D eigenvalue weighted by molar-refractivity contribution is 5.79. The third-order valence-corrected chi connectivity index (χ3v) is 4.66. The van der Waals surface area contributed by atoms with Gasteiger partial charge in [-0.1, -0.05) is 36.4 Å². The van der Waals surface area contributed by atoms with Gasteiger partial charge in [0.1, 0.15) is 0 Å². The standard InChI is InChI=1S/C22H31N3O3/c1-23-22(24-16-21(28-5)18-9-7-6-8-10-18)25(2)14-13-17-11-12-19(26-3)20(15-17)27-4/h6-12,15,21H,13-14,16H2,1-5H3,(H,23,24). The quantitative estimate of drug-likeness (QED) is 0.531. The zero-order valence-corrected chi connectivity index (χ0v) is 17.4. The molecule has 6 nitrogen and oxygen atoms in total. The maximum absolute atomic E-state index is 5.63. The molecule has 0 aromatic heterocycles. The second-order valence-electron chi connectivity index (χ2n) is 6.42. The molecule has 1 unspecified atom stereocenters. The fourth-order valence-electron chi connectivity index (χ4n) is 3.01. The summed E-state index contributed by atoms with van der Waals surface area (Å²) in [6.07, 6.45) is 0.835. The summed E-state index contributed by atoms with van der Waals surface area (Å²) in [6.45, 7) is 1.46. The fourth-order valence-corrected chi connectivity index (χ4v) is 3.01. The lowest BCUT2D eigenvalue weighted by atomic mass is 10.1. The van der Waals surface area contributed by atoms with Crippen LogP contribution in [-0.4, -0.2) is 59.4 Å². The van der Waals surface area contributed by atoms with Crippen molar-refractivity contribution in [1.82, 2.24) is 10.2 Å². The molecule has 0 saturated heterocycles. The molecule has 2 aromatic carbocycles. The normalized spacial score (nSPS) is 12.4. The minimum absolute atomic E-state index is 0.0304. The average Bonchev–Trinajstić information content (AvgIpc) is 2.75. The van der Waals surface area contributed by atoms with Crippen LogP contribution in [0.5, 0.6) is 11.5 Å². The highest BCUT2D eigenvalue weighted by Crippen LogP contribution is 2.27. The van der Waals surface area contributed by atoms with Crippen LogP contribution in [0.3, 0.4) is 0 Å². The highest BCUT2D eigenvalue weighted by atomic mass is 16.5. The molecule has 2 rings (SSSR count). The number of ether oxygens (including phenoxy) is 3. The number of aliphatic imine (C=N–C) groups is 1. The molecule has 0 heterocycles. The number of methoxy groups -OCH3 is 3. The number of guanidine groups is 1. The van der Waals surface area contributed by atoms with E-state index in [4.69, 9.17) is 14.2 Å². The van der Waals surface area contributed by atoms with E-state index >= 15 is 0 Å². The summed E-state index contributed by atoms with van der Waals surface area (Å²) in [7, 11) is 8.84. The molecule has 0 radical (unpaired) electrons. The van der Waals surface area contributed by atoms with Gasteiger partial charge in [-0.2, -0.15) is 0 Å². The van der Waals surface area contributed by atoms with Crippen molar-refractivity contribution in [1.29, 1.82) is 0 Å². The first kappa shape index (κ1) is 21.6. The van der Waals surface area contributed by atoms with E-state index in [1.54, 1.807) is 28.4 Å². The lowest BCUT2D eigenvalue weighted by Gasteiger charge is -2.24. The van der Waals surface area contributed by atoms with E-state index < -0.39 is 0 Å². The molecule has 0 bridgehead atoms. The second-order valence-corrected chi connectivity index (χ2v) is 6.42. The first-order chi connectivity index (χ1) is 13.6. The van der Waals surface area contributed by atoms with Gasteiger partial charge in [0.05, 0.1) is 20.3 Å². The first-order valence-corrected chi connectivity index (χ1v) is 9.33. The zero-order valence-electron chi connectivity index (χ0n) is 17.4. The monoisotopic (exact) mass is 385 g/mol. The molecule has 1 atom stereocenters. The predicted molar refractivity (Wildman–Crippen MR) is 113 cm³/mol. The predicted octanol–water partition coefficient (Wildman–Crippen LogP) is 3.14. The average molecular weight is 386 g/mol. The van der Waals surface area contributed by atoms with E-state index in [0.29, 0.717) is 6.54 Å². The van der Waals surface area contributed by atoms with Gasteiger partial charge in [0, 0.05) is 34.3 Å². The maximum Gasteiger partial charge on any atom is 0.193 e. The number of hydrogen-bond acceptors (Lipinski definition) is 4. The number of benzene rings is 2. The van der Waals surface area contributed by atoms with Crippen LogP contribution in [0.2, 0.25) is 0 Å². The zero-order chi connectivity index (χ0) is 20.4. The Morgan fingerprint density at radius 2 is 1.75 bits per heavy atom. The van der Waals surface area contributed by atoms with Crippen LogP contribution in [0, 0.1) is 0 Å². The Morgan fingerprint density at radius 3 is 2.36 bits per heavy atom. The third-order valence-electron chi connectivity index (χ3n) is 4.66. The molecule has 6 heteroatoms. The minimum atomic E-state index is -0.0304. The molecule has 0 aliphatic carbocycles. The summed E-state index contributed by atoms with van der Waals surface area (Å²) in [5.41, 5.74) is 2.32. The van der Waals surface area contributed by atoms with Gasteiger partial charge >= 0.3 is 0 Å². The van der Waals surface area contributed by atoms with Crippen molar-refractivity contribution in [2.45, 2.75) is 12.5 Å². The highest BCUT2D eigenvalue weighted by Gasteiger charge is 2.13. The molecule has 0 fully saturated rings. The van der Waals surface area contributed by atoms with Gasteiger partial charge in [-0.3, -0.25) is 4.99 Å². The van der Waals surface area contributed by atoms with Crippen molar-refractivity contribution in [2.75, 3.05) is 48.5 Å². The molecule has 0 aliphatic rings. The van der Waals surface area contributed by atoms with E-state index in [1.807, 2.05) is 37.4 Å². The van der Waals surface area contributed by atoms with Crippen molar-refractivity contribution in [3.63, 3.8) is 0 Å². The fraction of sp³-hybridized carbons (Fsp3) is 0.409. The molecule has 0 amide bonds. The van der Waals surface area contributed by atoms with Gasteiger partial charge in [-0.25, -0.2) is 0 Å². The van der Waals surface area contributed by atoms with Crippen LogP contribution in [0.1, 0.15) is 17.2 Å². The first-order valence-electron chi connectivity index (χ1n) is 9.33. The van der Waals surface area contributed by atoms with E-state index in [1.165, 1.54) is 5.56 Å². The van der Waals surface area contributed by atoms with Crippen LogP contribution in [0.25, 0.3) is 0 Å². The van der Waals surface area contributed by atoms with E-state index in [9.17, 15) is 0 Å². The number of nitrogens with one attached hydrogen (secondary N) is 1. The molecule has 2 aromatic rings. The lowest BCUT2D eigenvalue weighted by molar-refractivity contribution is 0.106. The van der Waals surface area contributed by atoms with Gasteiger partial charge < -0.3 is 24.4 Å². The van der Waals surface area contributed by atoms with Crippen LogP contribution in [-0.2, 0) is 11.2 Å². The largest absolute Gasteiger partial charge is 0.493 e. The van der Waals surface area contributed by atoms with Gasteiger partial charge in [0.15, 0.2) is 17.5 Å². The molecular formula is C22H31N3O3. The Kier molecular flexibility index (Phi) is 8.62. The summed E-state index contributed by atoms with van der Waals surface area (Å²) in [6, 6.07) is 16.2. The van der Waals surface area contributed by atoms with E-state index in [-0.39, 0.29) is 6.10 Å². The summed E-state index contributed by atoms with van der Waals surface area (Å²) in [4.78, 5) is 6.50. The van der Waals surface area contributed by atoms with Gasteiger partial charge in [0.2, 0.25) is 0 Å². The number of hydrogen-bond donors (Lipinski definition) is 1. The molecule has 0 spiro atoms. The van der Waals surface area contributed by atoms with Crippen molar-refractivity contribution >= 4 is 5.96 Å². The number of likely N-dealkylation sites (N-methyl/N-ethyl adjacent to an activating group) is 1. The number of rotatable bonds is 9. The van der Waals surface area contributed by atoms with Gasteiger partial charge in [0.25, 0.3) is 0 Å². The Hall–Kier alpha value is -2.73. The third kappa shape index (κ3) is 5.89. The van der Waals surface area contributed by atoms with E-state index in [0.717, 1.165) is 36.0 Å². The van der Waals surface area contributed by atoms with Gasteiger partial charge in [-0.05, 0) is 29.7 Å². The van der Waals surface area contributed by atoms with Crippen molar-refractivity contribution in [3.8, 4) is 11.5 Å². The Labute approximate surface area is 168 Å². The Morgan fingerprint density at radius 1 is 1.04 bits per heavy atom. The smallest absolute Gasteiger partial charge is 0.193 e. The maximum atomic E-state index is 5.63. The SMILES string of the molecule is CN=C(NCC(OC)c1ccccc1)N(C)CCc1ccc(OC)c(OC)c1. The molecule has 0 aliphatic heterocycles. The van der Waals surface area contributed by atoms with Crippen molar-refractivity contribution < 1.29 is 14.2 Å². The summed E-state index contributed by atoms with van der Waals surface area (Å²) in [5.74, 6) is 2.32. The van der Waals surface area contributed by atoms with Crippen molar-refractivity contribution in [2.24, 2.45) is 4.99 Å². The molecule has 28 heavy (non-hydrogen) atoms. The van der Waals surface area contributed by atoms with Gasteiger partial charge in [-0.15, -0.1) is 0 Å². The van der Waals surface area contributed by atoms with Crippen molar-refractivity contribution in [3.05, 3.63) is 59.7 Å². The molecule has 0 saturated carbocycles. The Bertz CT molecular complexity index is 750.